The Kier molecular flexibility index (Phi) is 3.91. The first kappa shape index (κ1) is 15.9. The van der Waals surface area contributed by atoms with E-state index in [1.807, 2.05) is 0 Å². The van der Waals surface area contributed by atoms with Crippen molar-refractivity contribution >= 4 is 11.8 Å². The van der Waals surface area contributed by atoms with Gasteiger partial charge >= 0.3 is 6.09 Å². The van der Waals surface area contributed by atoms with Gasteiger partial charge in [0, 0.05) is 11.0 Å². The van der Waals surface area contributed by atoms with E-state index in [4.69, 9.17) is 24.5 Å². The Morgan fingerprint density at radius 2 is 2.15 bits per heavy atom. The number of hydrogen-bond donors (Lipinski definition) is 0. The highest BCUT2D eigenvalue weighted by molar-refractivity contribution is 5.90. The number of hydrogen-bond acceptors (Lipinski definition) is 6. The summed E-state index contributed by atoms with van der Waals surface area (Å²) in [6.07, 6.45) is -0.974. The lowest BCUT2D eigenvalue weighted by Crippen LogP contribution is -2.25. The molecule has 2 aromatic carbocycles. The van der Waals surface area contributed by atoms with Gasteiger partial charge in [0.2, 0.25) is 5.75 Å². The molecule has 4 rings (SSSR count). The van der Waals surface area contributed by atoms with Crippen LogP contribution in [-0.4, -0.2) is 32.4 Å². The maximum atomic E-state index is 12.1. The van der Waals surface area contributed by atoms with Gasteiger partial charge in [-0.25, -0.2) is 4.79 Å². The zero-order valence-corrected chi connectivity index (χ0v) is 13.8. The molecule has 0 aliphatic carbocycles. The van der Waals surface area contributed by atoms with Crippen molar-refractivity contribution in [2.24, 2.45) is 5.11 Å². The fraction of sp³-hybridized carbons (Fsp3) is 0.235. The fourth-order valence-corrected chi connectivity index (χ4v) is 2.85. The summed E-state index contributed by atoms with van der Waals surface area (Å²) in [6.45, 7) is 0.387. The topological polar surface area (TPSA) is 106 Å². The summed E-state index contributed by atoms with van der Waals surface area (Å²) in [6, 6.07) is 10.5. The summed E-state index contributed by atoms with van der Waals surface area (Å²) in [7, 11) is 1.56. The predicted molar refractivity (Wildman–Crippen MR) is 91.2 cm³/mol. The third-order valence-corrected chi connectivity index (χ3v) is 4.06. The summed E-state index contributed by atoms with van der Waals surface area (Å²) in [5.74, 6) is 2.60. The molecule has 2 heterocycles. The molecule has 2 aromatic rings. The number of rotatable bonds is 4. The van der Waals surface area contributed by atoms with Crippen LogP contribution in [0.3, 0.4) is 0 Å². The first-order valence-corrected chi connectivity index (χ1v) is 7.85. The van der Waals surface area contributed by atoms with Crippen molar-refractivity contribution in [1.29, 1.82) is 0 Å². The lowest BCUT2D eigenvalue weighted by Gasteiger charge is -2.23. The van der Waals surface area contributed by atoms with Crippen molar-refractivity contribution in [1.82, 2.24) is 0 Å². The quantitative estimate of drug-likeness (QED) is 0.396. The number of methoxy groups -OCH3 is 1. The number of azide groups is 1. The Morgan fingerprint density at radius 3 is 2.96 bits per heavy atom. The van der Waals surface area contributed by atoms with Crippen LogP contribution in [0.15, 0.2) is 41.5 Å². The van der Waals surface area contributed by atoms with Crippen LogP contribution < -0.4 is 19.1 Å². The average molecular weight is 354 g/mol. The Labute approximate surface area is 148 Å². The van der Waals surface area contributed by atoms with Crippen molar-refractivity contribution in [2.45, 2.75) is 6.10 Å². The van der Waals surface area contributed by atoms with E-state index >= 15 is 0 Å². The molecular formula is C17H14N4O5. The molecule has 0 spiro atoms. The minimum absolute atomic E-state index is 0.0937. The molecule has 0 radical (unpaired) electrons. The molecule has 2 aliphatic rings. The first-order valence-electron chi connectivity index (χ1n) is 7.85. The predicted octanol–water partition coefficient (Wildman–Crippen LogP) is 4.23. The summed E-state index contributed by atoms with van der Waals surface area (Å²) in [5.41, 5.74) is 8.99. The Morgan fingerprint density at radius 1 is 1.27 bits per heavy atom. The Balaban J connectivity index is 1.60. The molecule has 132 valence electrons. The molecule has 1 atom stereocenters. The number of nitrogens with zero attached hydrogens (tertiary/aromatic N) is 4. The third-order valence-electron chi connectivity index (χ3n) is 4.06. The Hall–Kier alpha value is -3.58. The zero-order chi connectivity index (χ0) is 18.1. The summed E-state index contributed by atoms with van der Waals surface area (Å²) in [5, 5.41) is 3.45. The SMILES string of the molecule is COc1cccc2c1Oc1ccc(N3C[C@H](CN=[N+]=[N-])OC3=O)cc1O2. The monoisotopic (exact) mass is 354 g/mol. The number of amides is 1. The molecule has 0 unspecified atom stereocenters. The van der Waals surface area contributed by atoms with Gasteiger partial charge in [0.15, 0.2) is 23.0 Å². The summed E-state index contributed by atoms with van der Waals surface area (Å²) >= 11 is 0. The Bertz CT molecular complexity index is 925. The second-order valence-electron chi connectivity index (χ2n) is 5.65. The van der Waals surface area contributed by atoms with Crippen LogP contribution in [0.4, 0.5) is 10.5 Å². The smallest absolute Gasteiger partial charge is 0.414 e. The van der Waals surface area contributed by atoms with Crippen LogP contribution >= 0.6 is 0 Å². The van der Waals surface area contributed by atoms with Crippen molar-refractivity contribution in [3.05, 3.63) is 46.8 Å². The van der Waals surface area contributed by atoms with Gasteiger partial charge in [-0.15, -0.1) is 0 Å². The molecule has 9 heteroatoms. The van der Waals surface area contributed by atoms with Crippen molar-refractivity contribution < 1.29 is 23.7 Å². The number of para-hydroxylation sites is 1. The first-order chi connectivity index (χ1) is 12.7. The van der Waals surface area contributed by atoms with Gasteiger partial charge in [-0.1, -0.05) is 11.2 Å². The van der Waals surface area contributed by atoms with Crippen LogP contribution in [0.5, 0.6) is 28.7 Å². The van der Waals surface area contributed by atoms with Gasteiger partial charge in [0.05, 0.1) is 25.9 Å². The maximum Gasteiger partial charge on any atom is 0.414 e. The largest absolute Gasteiger partial charge is 0.493 e. The molecule has 9 nitrogen and oxygen atoms in total. The van der Waals surface area contributed by atoms with Crippen molar-refractivity contribution in [3.8, 4) is 28.7 Å². The van der Waals surface area contributed by atoms with Crippen LogP contribution in [0.1, 0.15) is 0 Å². The number of cyclic esters (lactones) is 1. The summed E-state index contributed by atoms with van der Waals surface area (Å²) < 4.78 is 22.3. The van der Waals surface area contributed by atoms with Gasteiger partial charge in [0.25, 0.3) is 0 Å². The fourth-order valence-electron chi connectivity index (χ4n) is 2.85. The van der Waals surface area contributed by atoms with E-state index in [1.165, 1.54) is 4.90 Å². The molecule has 2 aliphatic heterocycles. The van der Waals surface area contributed by atoms with Gasteiger partial charge in [-0.05, 0) is 29.8 Å². The average Bonchev–Trinajstić information content (AvgIpc) is 3.04. The normalized spacial score (nSPS) is 17.2. The number of benzene rings is 2. The summed E-state index contributed by atoms with van der Waals surface area (Å²) in [4.78, 5) is 16.2. The third kappa shape index (κ3) is 2.70. The highest BCUT2D eigenvalue weighted by Crippen LogP contribution is 2.50. The maximum absolute atomic E-state index is 12.1. The van der Waals surface area contributed by atoms with Crippen LogP contribution in [0.2, 0.25) is 0 Å². The molecule has 26 heavy (non-hydrogen) atoms. The molecule has 1 saturated heterocycles. The van der Waals surface area contributed by atoms with Gasteiger partial charge in [0.1, 0.15) is 6.10 Å². The van der Waals surface area contributed by atoms with E-state index in [0.29, 0.717) is 41.0 Å². The molecular weight excluding hydrogens is 340 g/mol. The number of carbonyl (C=O) groups is 1. The second kappa shape index (κ2) is 6.38. The van der Waals surface area contributed by atoms with Crippen LogP contribution in [0.25, 0.3) is 10.4 Å². The minimum atomic E-state index is -0.498. The van der Waals surface area contributed by atoms with Gasteiger partial charge in [-0.2, -0.15) is 0 Å². The lowest BCUT2D eigenvalue weighted by atomic mass is 10.2. The molecule has 0 N–H and O–H groups in total. The second-order valence-corrected chi connectivity index (χ2v) is 5.65. The standard InChI is InChI=1S/C17H14N4O5/c1-23-13-3-2-4-14-16(13)26-12-6-5-10(7-15(12)25-14)21-9-11(8-19-20-18)24-17(21)22/h2-7,11H,8-9H2,1H3/t11-/m0/s1. The molecule has 0 aromatic heterocycles. The van der Waals surface area contributed by atoms with E-state index in [2.05, 4.69) is 10.0 Å². The van der Waals surface area contributed by atoms with Crippen LogP contribution in [0, 0.1) is 0 Å². The number of ether oxygens (including phenoxy) is 4. The molecule has 0 bridgehead atoms. The molecule has 1 fully saturated rings. The highest BCUT2D eigenvalue weighted by atomic mass is 16.6. The van der Waals surface area contributed by atoms with E-state index < -0.39 is 12.2 Å². The van der Waals surface area contributed by atoms with E-state index in [0.717, 1.165) is 0 Å². The number of carbonyl (C=O) groups excluding carboxylic acids is 1. The molecule has 1 amide bonds. The minimum Gasteiger partial charge on any atom is -0.493 e. The lowest BCUT2D eigenvalue weighted by molar-refractivity contribution is 0.145. The van der Waals surface area contributed by atoms with E-state index in [-0.39, 0.29) is 6.54 Å². The zero-order valence-electron chi connectivity index (χ0n) is 13.8. The van der Waals surface area contributed by atoms with Crippen molar-refractivity contribution in [3.63, 3.8) is 0 Å². The van der Waals surface area contributed by atoms with Crippen molar-refractivity contribution in [2.75, 3.05) is 25.1 Å². The van der Waals surface area contributed by atoms with Gasteiger partial charge in [-0.3, -0.25) is 4.90 Å². The number of fused-ring (bicyclic) bond motifs is 2. The van der Waals surface area contributed by atoms with Gasteiger partial charge < -0.3 is 18.9 Å². The van der Waals surface area contributed by atoms with E-state index in [9.17, 15) is 4.79 Å². The highest BCUT2D eigenvalue weighted by Gasteiger charge is 2.33. The van der Waals surface area contributed by atoms with Crippen LogP contribution in [-0.2, 0) is 4.74 Å². The molecule has 0 saturated carbocycles. The number of anilines is 1. The van der Waals surface area contributed by atoms with E-state index in [1.54, 1.807) is 43.5 Å².